The maximum Gasteiger partial charge on any atom is 0.390 e. The standard InChI is InChI=1S/C13H16F5NO/c1-8(7-13(16,17)18)19-9(2)10-4-3-5-11(6-10)20-12(14)15/h3-6,8-9,12,19H,7H2,1-2H3. The fourth-order valence-electron chi connectivity index (χ4n) is 1.89. The Morgan fingerprint density at radius 3 is 2.40 bits per heavy atom. The number of alkyl halides is 5. The van der Waals surface area contributed by atoms with Crippen LogP contribution in [0, 0.1) is 0 Å². The van der Waals surface area contributed by atoms with Crippen molar-refractivity contribution >= 4 is 0 Å². The highest BCUT2D eigenvalue weighted by molar-refractivity contribution is 5.30. The number of rotatable bonds is 6. The largest absolute Gasteiger partial charge is 0.435 e. The van der Waals surface area contributed by atoms with Crippen LogP contribution in [0.1, 0.15) is 31.9 Å². The van der Waals surface area contributed by atoms with Crippen LogP contribution in [0.25, 0.3) is 0 Å². The molecule has 0 spiro atoms. The second-order valence-corrected chi connectivity index (χ2v) is 4.56. The van der Waals surface area contributed by atoms with Gasteiger partial charge in [-0.2, -0.15) is 22.0 Å². The summed E-state index contributed by atoms with van der Waals surface area (Å²) in [7, 11) is 0. The number of halogens is 5. The molecule has 0 saturated carbocycles. The molecular formula is C13H16F5NO. The number of benzene rings is 1. The normalized spacial score (nSPS) is 15.2. The predicted molar refractivity (Wildman–Crippen MR) is 64.8 cm³/mol. The van der Waals surface area contributed by atoms with E-state index in [0.29, 0.717) is 5.56 Å². The summed E-state index contributed by atoms with van der Waals surface area (Å²) in [6.45, 7) is 0.148. The fraction of sp³-hybridized carbons (Fsp3) is 0.538. The maximum atomic E-state index is 12.2. The van der Waals surface area contributed by atoms with Crippen molar-refractivity contribution in [2.24, 2.45) is 0 Å². The molecule has 7 heteroatoms. The molecule has 1 aromatic carbocycles. The molecule has 0 aliphatic rings. The van der Waals surface area contributed by atoms with Gasteiger partial charge in [0.1, 0.15) is 5.75 Å². The number of ether oxygens (including phenoxy) is 1. The molecule has 0 aliphatic carbocycles. The van der Waals surface area contributed by atoms with E-state index < -0.39 is 31.3 Å². The average molecular weight is 297 g/mol. The van der Waals surface area contributed by atoms with Gasteiger partial charge in [0, 0.05) is 12.1 Å². The molecule has 0 bridgehead atoms. The van der Waals surface area contributed by atoms with Crippen molar-refractivity contribution in [3.8, 4) is 5.75 Å². The smallest absolute Gasteiger partial charge is 0.390 e. The Bertz CT molecular complexity index is 421. The fourth-order valence-corrected chi connectivity index (χ4v) is 1.89. The molecule has 0 saturated heterocycles. The monoisotopic (exact) mass is 297 g/mol. The summed E-state index contributed by atoms with van der Waals surface area (Å²) in [5.74, 6) is -0.0189. The van der Waals surface area contributed by atoms with Gasteiger partial charge in [-0.3, -0.25) is 0 Å². The molecule has 0 aromatic heterocycles. The highest BCUT2D eigenvalue weighted by Gasteiger charge is 2.30. The molecule has 0 radical (unpaired) electrons. The lowest BCUT2D eigenvalue weighted by atomic mass is 10.1. The van der Waals surface area contributed by atoms with Crippen LogP contribution < -0.4 is 10.1 Å². The molecule has 114 valence electrons. The number of nitrogens with one attached hydrogen (secondary N) is 1. The zero-order valence-electron chi connectivity index (χ0n) is 11.0. The summed E-state index contributed by atoms with van der Waals surface area (Å²) in [5.41, 5.74) is 0.581. The lowest BCUT2D eigenvalue weighted by Crippen LogP contribution is -2.33. The molecule has 20 heavy (non-hydrogen) atoms. The topological polar surface area (TPSA) is 21.3 Å². The summed E-state index contributed by atoms with van der Waals surface area (Å²) >= 11 is 0. The van der Waals surface area contributed by atoms with Crippen LogP contribution in [-0.2, 0) is 0 Å². The lowest BCUT2D eigenvalue weighted by molar-refractivity contribution is -0.139. The highest BCUT2D eigenvalue weighted by atomic mass is 19.4. The van der Waals surface area contributed by atoms with Gasteiger partial charge >= 0.3 is 12.8 Å². The van der Waals surface area contributed by atoms with E-state index in [0.717, 1.165) is 0 Å². The minimum absolute atomic E-state index is 0.0189. The van der Waals surface area contributed by atoms with Gasteiger partial charge in [0.25, 0.3) is 0 Å². The lowest BCUT2D eigenvalue weighted by Gasteiger charge is -2.21. The van der Waals surface area contributed by atoms with Crippen molar-refractivity contribution < 1.29 is 26.7 Å². The molecule has 0 aliphatic heterocycles. The molecule has 0 heterocycles. The second-order valence-electron chi connectivity index (χ2n) is 4.56. The summed E-state index contributed by atoms with van der Waals surface area (Å²) in [5, 5.41) is 2.77. The van der Waals surface area contributed by atoms with E-state index >= 15 is 0 Å². The Morgan fingerprint density at radius 2 is 1.85 bits per heavy atom. The minimum Gasteiger partial charge on any atom is -0.435 e. The Morgan fingerprint density at radius 1 is 1.20 bits per heavy atom. The van der Waals surface area contributed by atoms with Crippen LogP contribution in [0.3, 0.4) is 0 Å². The van der Waals surface area contributed by atoms with E-state index in [1.54, 1.807) is 13.0 Å². The molecule has 2 atom stereocenters. The molecule has 2 unspecified atom stereocenters. The third-order valence-electron chi connectivity index (χ3n) is 2.66. The Hall–Kier alpha value is -1.37. The molecule has 1 aromatic rings. The van der Waals surface area contributed by atoms with Crippen LogP contribution in [-0.4, -0.2) is 18.8 Å². The summed E-state index contributed by atoms with van der Waals surface area (Å²) in [4.78, 5) is 0. The van der Waals surface area contributed by atoms with Crippen molar-refractivity contribution in [1.82, 2.24) is 5.32 Å². The second kappa shape index (κ2) is 6.88. The summed E-state index contributed by atoms with van der Waals surface area (Å²) in [6, 6.07) is 4.71. The van der Waals surface area contributed by atoms with E-state index in [1.807, 2.05) is 0 Å². The van der Waals surface area contributed by atoms with E-state index in [2.05, 4.69) is 10.1 Å². The van der Waals surface area contributed by atoms with E-state index in [1.165, 1.54) is 25.1 Å². The van der Waals surface area contributed by atoms with Gasteiger partial charge in [-0.05, 0) is 31.5 Å². The third kappa shape index (κ3) is 6.18. The van der Waals surface area contributed by atoms with Crippen LogP contribution in [0.2, 0.25) is 0 Å². The van der Waals surface area contributed by atoms with Crippen molar-refractivity contribution in [2.75, 3.05) is 0 Å². The maximum absolute atomic E-state index is 12.2. The van der Waals surface area contributed by atoms with Crippen molar-refractivity contribution in [1.29, 1.82) is 0 Å². The Balaban J connectivity index is 2.65. The zero-order valence-corrected chi connectivity index (χ0v) is 11.0. The van der Waals surface area contributed by atoms with Crippen LogP contribution in [0.5, 0.6) is 5.75 Å². The highest BCUT2D eigenvalue weighted by Crippen LogP contribution is 2.24. The number of hydrogen-bond acceptors (Lipinski definition) is 2. The number of hydrogen-bond donors (Lipinski definition) is 1. The minimum atomic E-state index is -4.24. The molecule has 1 rings (SSSR count). The van der Waals surface area contributed by atoms with Crippen molar-refractivity contribution in [2.45, 2.75) is 45.1 Å². The first-order chi connectivity index (χ1) is 9.17. The molecular weight excluding hydrogens is 281 g/mol. The van der Waals surface area contributed by atoms with E-state index in [9.17, 15) is 22.0 Å². The summed E-state index contributed by atoms with van der Waals surface area (Å²) in [6.07, 6.45) is -5.20. The third-order valence-corrected chi connectivity index (χ3v) is 2.66. The van der Waals surface area contributed by atoms with Gasteiger partial charge in [-0.1, -0.05) is 12.1 Å². The first-order valence-electron chi connectivity index (χ1n) is 6.05. The average Bonchev–Trinajstić information content (AvgIpc) is 2.25. The Kier molecular flexibility index (Phi) is 5.74. The first kappa shape index (κ1) is 16.7. The van der Waals surface area contributed by atoms with Crippen molar-refractivity contribution in [3.63, 3.8) is 0 Å². The Labute approximate surface area is 113 Å². The van der Waals surface area contributed by atoms with Crippen LogP contribution >= 0.6 is 0 Å². The zero-order chi connectivity index (χ0) is 15.3. The molecule has 0 amide bonds. The molecule has 1 N–H and O–H groups in total. The van der Waals surface area contributed by atoms with E-state index in [-0.39, 0.29) is 5.75 Å². The van der Waals surface area contributed by atoms with Crippen molar-refractivity contribution in [3.05, 3.63) is 29.8 Å². The van der Waals surface area contributed by atoms with Crippen LogP contribution in [0.15, 0.2) is 24.3 Å². The predicted octanol–water partition coefficient (Wildman–Crippen LogP) is 4.28. The van der Waals surface area contributed by atoms with Gasteiger partial charge < -0.3 is 10.1 Å². The van der Waals surface area contributed by atoms with E-state index in [4.69, 9.17) is 0 Å². The first-order valence-corrected chi connectivity index (χ1v) is 6.05. The van der Waals surface area contributed by atoms with Gasteiger partial charge in [-0.25, -0.2) is 0 Å². The summed E-state index contributed by atoms with van der Waals surface area (Å²) < 4.78 is 65.1. The van der Waals surface area contributed by atoms with Gasteiger partial charge in [0.2, 0.25) is 0 Å². The van der Waals surface area contributed by atoms with Gasteiger partial charge in [0.15, 0.2) is 0 Å². The SMILES string of the molecule is CC(CC(F)(F)F)NC(C)c1cccc(OC(F)F)c1. The van der Waals surface area contributed by atoms with Gasteiger partial charge in [0.05, 0.1) is 6.42 Å². The molecule has 0 fully saturated rings. The quantitative estimate of drug-likeness (QED) is 0.791. The van der Waals surface area contributed by atoms with Crippen LogP contribution in [0.4, 0.5) is 22.0 Å². The molecule has 2 nitrogen and oxygen atoms in total. The van der Waals surface area contributed by atoms with Gasteiger partial charge in [-0.15, -0.1) is 0 Å².